The molecule has 31 heavy (non-hydrogen) atoms. The van der Waals surface area contributed by atoms with Gasteiger partial charge >= 0.3 is 0 Å². The SMILES string of the molecule is COc1ccc(-c2nn(-c3ccccc3)cc2/C=C/C(=O)N2CCOCC2)cc1OC. The normalized spacial score (nSPS) is 14.1. The fourth-order valence-corrected chi connectivity index (χ4v) is 3.48. The molecule has 2 heterocycles. The van der Waals surface area contributed by atoms with Gasteiger partial charge in [-0.25, -0.2) is 4.68 Å². The number of ether oxygens (including phenoxy) is 3. The van der Waals surface area contributed by atoms with Crippen molar-refractivity contribution in [3.63, 3.8) is 0 Å². The molecule has 2 aromatic carbocycles. The lowest BCUT2D eigenvalue weighted by atomic mass is 10.1. The topological polar surface area (TPSA) is 65.8 Å². The Morgan fingerprint density at radius 1 is 1.03 bits per heavy atom. The van der Waals surface area contributed by atoms with Crippen LogP contribution in [0.4, 0.5) is 0 Å². The Bertz CT molecular complexity index is 1070. The third-order valence-corrected chi connectivity index (χ3v) is 5.15. The molecule has 0 saturated carbocycles. The van der Waals surface area contributed by atoms with Gasteiger partial charge in [-0.2, -0.15) is 5.10 Å². The molecule has 1 aromatic heterocycles. The molecule has 1 amide bonds. The minimum Gasteiger partial charge on any atom is -0.493 e. The first-order valence-electron chi connectivity index (χ1n) is 10.1. The van der Waals surface area contributed by atoms with Gasteiger partial charge in [-0.1, -0.05) is 18.2 Å². The standard InChI is InChI=1S/C24H25N3O4/c1-29-21-10-8-18(16-22(21)30-2)24-19(9-11-23(28)26-12-14-31-15-13-26)17-27(25-24)20-6-4-3-5-7-20/h3-11,16-17H,12-15H2,1-2H3/b11-9+. The van der Waals surface area contributed by atoms with Crippen LogP contribution in [0.15, 0.2) is 60.8 Å². The highest BCUT2D eigenvalue weighted by molar-refractivity contribution is 5.93. The number of carbonyl (C=O) groups is 1. The summed E-state index contributed by atoms with van der Waals surface area (Å²) in [6, 6.07) is 15.5. The molecule has 1 saturated heterocycles. The van der Waals surface area contributed by atoms with E-state index < -0.39 is 0 Å². The van der Waals surface area contributed by atoms with Crippen LogP contribution in [0.5, 0.6) is 11.5 Å². The Balaban J connectivity index is 1.72. The van der Waals surface area contributed by atoms with Crippen molar-refractivity contribution in [2.75, 3.05) is 40.5 Å². The lowest BCUT2D eigenvalue weighted by molar-refractivity contribution is -0.129. The van der Waals surface area contributed by atoms with Crippen molar-refractivity contribution >= 4 is 12.0 Å². The smallest absolute Gasteiger partial charge is 0.246 e. The van der Waals surface area contributed by atoms with Crippen LogP contribution in [0.2, 0.25) is 0 Å². The molecule has 160 valence electrons. The van der Waals surface area contributed by atoms with Crippen molar-refractivity contribution in [1.29, 1.82) is 0 Å². The Kier molecular flexibility index (Phi) is 6.33. The van der Waals surface area contributed by atoms with Crippen molar-refractivity contribution in [2.24, 2.45) is 0 Å². The number of morpholine rings is 1. The first kappa shape index (κ1) is 20.7. The van der Waals surface area contributed by atoms with E-state index >= 15 is 0 Å². The van der Waals surface area contributed by atoms with Gasteiger partial charge in [0.1, 0.15) is 5.69 Å². The molecule has 0 bridgehead atoms. The first-order valence-corrected chi connectivity index (χ1v) is 10.1. The van der Waals surface area contributed by atoms with Gasteiger partial charge < -0.3 is 19.1 Å². The monoisotopic (exact) mass is 419 g/mol. The van der Waals surface area contributed by atoms with Crippen LogP contribution < -0.4 is 9.47 Å². The molecule has 7 nitrogen and oxygen atoms in total. The maximum Gasteiger partial charge on any atom is 0.246 e. The largest absolute Gasteiger partial charge is 0.493 e. The number of amides is 1. The van der Waals surface area contributed by atoms with Crippen molar-refractivity contribution in [3.05, 3.63) is 66.4 Å². The van der Waals surface area contributed by atoms with Crippen LogP contribution in [0.25, 0.3) is 23.0 Å². The van der Waals surface area contributed by atoms with Gasteiger partial charge in [0.05, 0.1) is 33.1 Å². The van der Waals surface area contributed by atoms with Gasteiger partial charge in [0, 0.05) is 36.5 Å². The van der Waals surface area contributed by atoms with Gasteiger partial charge in [0.25, 0.3) is 0 Å². The number of nitrogens with zero attached hydrogens (tertiary/aromatic N) is 3. The number of para-hydroxylation sites is 1. The second kappa shape index (κ2) is 9.49. The van der Waals surface area contributed by atoms with Gasteiger partial charge in [-0.05, 0) is 36.4 Å². The summed E-state index contributed by atoms with van der Waals surface area (Å²) in [5, 5.41) is 4.80. The van der Waals surface area contributed by atoms with E-state index in [1.165, 1.54) is 0 Å². The van der Waals surface area contributed by atoms with E-state index in [9.17, 15) is 4.79 Å². The number of hydrogen-bond donors (Lipinski definition) is 0. The third kappa shape index (κ3) is 4.62. The van der Waals surface area contributed by atoms with Crippen molar-refractivity contribution < 1.29 is 19.0 Å². The summed E-state index contributed by atoms with van der Waals surface area (Å²) in [4.78, 5) is 14.4. The molecule has 1 aliphatic rings. The first-order chi connectivity index (χ1) is 15.2. The fourth-order valence-electron chi connectivity index (χ4n) is 3.48. The minimum atomic E-state index is -0.0333. The predicted octanol–water partition coefficient (Wildman–Crippen LogP) is 3.43. The molecule has 0 atom stereocenters. The second-order valence-corrected chi connectivity index (χ2v) is 7.05. The van der Waals surface area contributed by atoms with Gasteiger partial charge in [0.2, 0.25) is 5.91 Å². The lowest BCUT2D eigenvalue weighted by Gasteiger charge is -2.25. The van der Waals surface area contributed by atoms with E-state index in [-0.39, 0.29) is 5.91 Å². The van der Waals surface area contributed by atoms with E-state index in [0.29, 0.717) is 37.8 Å². The number of hydrogen-bond acceptors (Lipinski definition) is 5. The van der Waals surface area contributed by atoms with Crippen LogP contribution in [-0.4, -0.2) is 61.1 Å². The average Bonchev–Trinajstić information content (AvgIpc) is 3.27. The Hall–Kier alpha value is -3.58. The number of methoxy groups -OCH3 is 2. The molecule has 0 radical (unpaired) electrons. The summed E-state index contributed by atoms with van der Waals surface area (Å²) in [7, 11) is 3.21. The number of benzene rings is 2. The molecular weight excluding hydrogens is 394 g/mol. The summed E-state index contributed by atoms with van der Waals surface area (Å²) in [6.45, 7) is 2.36. The Labute approximate surface area is 181 Å². The maximum absolute atomic E-state index is 12.6. The minimum absolute atomic E-state index is 0.0333. The van der Waals surface area contributed by atoms with E-state index in [0.717, 1.165) is 22.5 Å². The molecule has 0 aliphatic carbocycles. The molecule has 7 heteroatoms. The molecular formula is C24H25N3O4. The summed E-state index contributed by atoms with van der Waals surface area (Å²) in [6.07, 6.45) is 5.34. The zero-order valence-corrected chi connectivity index (χ0v) is 17.7. The molecule has 0 N–H and O–H groups in total. The van der Waals surface area contributed by atoms with Crippen molar-refractivity contribution in [3.8, 4) is 28.4 Å². The van der Waals surface area contributed by atoms with Crippen LogP contribution in [0, 0.1) is 0 Å². The van der Waals surface area contributed by atoms with Crippen molar-refractivity contribution in [2.45, 2.75) is 0 Å². The molecule has 0 unspecified atom stereocenters. The van der Waals surface area contributed by atoms with Gasteiger partial charge in [0.15, 0.2) is 11.5 Å². The highest BCUT2D eigenvalue weighted by Gasteiger charge is 2.16. The highest BCUT2D eigenvalue weighted by atomic mass is 16.5. The molecule has 1 aliphatic heterocycles. The fraction of sp³-hybridized carbons (Fsp3) is 0.250. The van der Waals surface area contributed by atoms with E-state index in [1.807, 2.05) is 65.5 Å². The van der Waals surface area contributed by atoms with Gasteiger partial charge in [-0.3, -0.25) is 4.79 Å². The van der Waals surface area contributed by atoms with E-state index in [2.05, 4.69) is 0 Å². The number of rotatable bonds is 6. The Morgan fingerprint density at radius 3 is 2.48 bits per heavy atom. The van der Waals surface area contributed by atoms with Crippen LogP contribution in [0.3, 0.4) is 0 Å². The summed E-state index contributed by atoms with van der Waals surface area (Å²) >= 11 is 0. The third-order valence-electron chi connectivity index (χ3n) is 5.15. The average molecular weight is 419 g/mol. The van der Waals surface area contributed by atoms with Crippen LogP contribution in [-0.2, 0) is 9.53 Å². The zero-order valence-electron chi connectivity index (χ0n) is 17.7. The summed E-state index contributed by atoms with van der Waals surface area (Å²) < 4.78 is 17.9. The Morgan fingerprint density at radius 2 is 1.77 bits per heavy atom. The highest BCUT2D eigenvalue weighted by Crippen LogP contribution is 2.33. The van der Waals surface area contributed by atoms with Crippen LogP contribution >= 0.6 is 0 Å². The molecule has 0 spiro atoms. The van der Waals surface area contributed by atoms with Crippen LogP contribution in [0.1, 0.15) is 5.56 Å². The van der Waals surface area contributed by atoms with Crippen molar-refractivity contribution in [1.82, 2.24) is 14.7 Å². The predicted molar refractivity (Wildman–Crippen MR) is 119 cm³/mol. The summed E-state index contributed by atoms with van der Waals surface area (Å²) in [5.41, 5.74) is 3.38. The van der Waals surface area contributed by atoms with E-state index in [1.54, 1.807) is 25.2 Å². The number of aromatic nitrogens is 2. The molecule has 4 rings (SSSR count). The lowest BCUT2D eigenvalue weighted by Crippen LogP contribution is -2.39. The van der Waals surface area contributed by atoms with E-state index in [4.69, 9.17) is 19.3 Å². The second-order valence-electron chi connectivity index (χ2n) is 7.05. The number of carbonyl (C=O) groups excluding carboxylic acids is 1. The van der Waals surface area contributed by atoms with Gasteiger partial charge in [-0.15, -0.1) is 0 Å². The quantitative estimate of drug-likeness (QED) is 0.573. The maximum atomic E-state index is 12.6. The molecule has 1 fully saturated rings. The molecule has 3 aromatic rings. The summed E-state index contributed by atoms with van der Waals surface area (Å²) in [5.74, 6) is 1.23. The zero-order chi connectivity index (χ0) is 21.6.